The number of pyridine rings is 1. The maximum Gasteiger partial charge on any atom is 0.132 e. The Morgan fingerprint density at radius 2 is 2.08 bits per heavy atom. The number of hydrogen-bond donors (Lipinski definition) is 3. The minimum Gasteiger partial charge on any atom is -0.370 e. The van der Waals surface area contributed by atoms with E-state index in [0.717, 1.165) is 57.1 Å². The maximum absolute atomic E-state index is 9.32. The fourth-order valence-electron chi connectivity index (χ4n) is 3.26. The van der Waals surface area contributed by atoms with Crippen molar-refractivity contribution in [1.29, 1.82) is 10.7 Å². The summed E-state index contributed by atoms with van der Waals surface area (Å²) in [5.41, 5.74) is 2.48. The van der Waals surface area contributed by atoms with Crippen molar-refractivity contribution in [2.45, 2.75) is 12.8 Å². The summed E-state index contributed by atoms with van der Waals surface area (Å²) >= 11 is 0. The van der Waals surface area contributed by atoms with Crippen LogP contribution in [0.25, 0.3) is 0 Å². The van der Waals surface area contributed by atoms with Crippen molar-refractivity contribution in [2.75, 3.05) is 56.0 Å². The Morgan fingerprint density at radius 1 is 1.32 bits per heavy atom. The molecule has 0 atom stereocenters. The van der Waals surface area contributed by atoms with Crippen LogP contribution in [0.4, 0.5) is 11.5 Å². The molecule has 3 N–H and O–H groups in total. The molecule has 25 heavy (non-hydrogen) atoms. The molecule has 0 aromatic carbocycles. The number of anilines is 2. The quantitative estimate of drug-likeness (QED) is 0.679. The molecule has 1 aromatic heterocycles. The van der Waals surface area contributed by atoms with Crippen LogP contribution >= 0.6 is 0 Å². The van der Waals surface area contributed by atoms with E-state index in [9.17, 15) is 5.26 Å². The third kappa shape index (κ3) is 4.56. The Labute approximate surface area is 148 Å². The Hall–Kier alpha value is -2.43. The van der Waals surface area contributed by atoms with Gasteiger partial charge < -0.3 is 20.9 Å². The molecule has 0 radical (unpaired) electrons. The molecular formula is C18H25N7. The lowest BCUT2D eigenvalue weighted by molar-refractivity contribution is 0.262. The zero-order valence-electron chi connectivity index (χ0n) is 14.5. The molecule has 0 bridgehead atoms. The Kier molecular flexibility index (Phi) is 5.99. The molecule has 0 amide bonds. The van der Waals surface area contributed by atoms with Crippen molar-refractivity contribution in [1.82, 2.24) is 15.2 Å². The molecule has 0 spiro atoms. The summed E-state index contributed by atoms with van der Waals surface area (Å²) in [6, 6.07) is 4.17. The average Bonchev–Trinajstić information content (AvgIpc) is 3.20. The van der Waals surface area contributed by atoms with Gasteiger partial charge in [0.1, 0.15) is 11.9 Å². The summed E-state index contributed by atoms with van der Waals surface area (Å²) in [5.74, 6) is 0.709. The van der Waals surface area contributed by atoms with Crippen molar-refractivity contribution in [3.05, 3.63) is 29.6 Å². The van der Waals surface area contributed by atoms with Gasteiger partial charge in [-0.1, -0.05) is 0 Å². The molecule has 1 aromatic rings. The van der Waals surface area contributed by atoms with Gasteiger partial charge in [-0.15, -0.1) is 0 Å². The molecule has 2 fully saturated rings. The second-order valence-corrected chi connectivity index (χ2v) is 6.43. The predicted molar refractivity (Wildman–Crippen MR) is 100 cm³/mol. The molecule has 2 saturated heterocycles. The first kappa shape index (κ1) is 17.4. The van der Waals surface area contributed by atoms with Crippen LogP contribution in [0.1, 0.15) is 18.4 Å². The molecule has 7 heteroatoms. The van der Waals surface area contributed by atoms with E-state index in [4.69, 9.17) is 5.41 Å². The van der Waals surface area contributed by atoms with Gasteiger partial charge in [-0.05, 0) is 18.4 Å². The van der Waals surface area contributed by atoms with Gasteiger partial charge >= 0.3 is 0 Å². The van der Waals surface area contributed by atoms with Gasteiger partial charge in [-0.25, -0.2) is 4.98 Å². The van der Waals surface area contributed by atoms with Crippen molar-refractivity contribution in [3.8, 4) is 6.07 Å². The van der Waals surface area contributed by atoms with Crippen LogP contribution in [0, 0.1) is 16.7 Å². The van der Waals surface area contributed by atoms with Crippen LogP contribution in [0.15, 0.2) is 24.0 Å². The van der Waals surface area contributed by atoms with E-state index in [2.05, 4.69) is 31.5 Å². The molecular weight excluding hydrogens is 314 g/mol. The topological polar surface area (TPSA) is 91.1 Å². The number of rotatable bonds is 6. The molecule has 3 heterocycles. The SMILES string of the molecule is N#Cc1cnc(N/C=C(\C=N)CN2CCNCC2)cc1N1CCCC1. The summed E-state index contributed by atoms with van der Waals surface area (Å²) in [7, 11) is 0. The average molecular weight is 339 g/mol. The fraction of sp³-hybridized carbons (Fsp3) is 0.500. The van der Waals surface area contributed by atoms with Crippen molar-refractivity contribution in [3.63, 3.8) is 0 Å². The van der Waals surface area contributed by atoms with E-state index in [-0.39, 0.29) is 0 Å². The highest BCUT2D eigenvalue weighted by Crippen LogP contribution is 2.26. The van der Waals surface area contributed by atoms with Gasteiger partial charge in [0.15, 0.2) is 0 Å². The molecule has 7 nitrogen and oxygen atoms in total. The molecule has 2 aliphatic rings. The monoisotopic (exact) mass is 339 g/mol. The summed E-state index contributed by atoms with van der Waals surface area (Å²) in [5, 5.41) is 23.5. The predicted octanol–water partition coefficient (Wildman–Crippen LogP) is 1.40. The van der Waals surface area contributed by atoms with E-state index < -0.39 is 0 Å². The Balaban J connectivity index is 1.69. The largest absolute Gasteiger partial charge is 0.370 e. The molecule has 0 aliphatic carbocycles. The highest BCUT2D eigenvalue weighted by atomic mass is 15.2. The van der Waals surface area contributed by atoms with Crippen LogP contribution in [-0.4, -0.2) is 61.9 Å². The standard InChI is InChI=1S/C18H25N7/c19-10-15(14-24-7-3-21-4-8-24)12-22-18-9-17(16(11-20)13-23-18)25-5-1-2-6-25/h9-10,12-13,19,21H,1-8,14H2,(H,22,23)/b15-12+,19-10?. The lowest BCUT2D eigenvalue weighted by Crippen LogP contribution is -2.44. The summed E-state index contributed by atoms with van der Waals surface area (Å²) < 4.78 is 0. The van der Waals surface area contributed by atoms with E-state index >= 15 is 0 Å². The van der Waals surface area contributed by atoms with E-state index in [1.54, 1.807) is 6.20 Å². The third-order valence-corrected chi connectivity index (χ3v) is 4.66. The number of aromatic nitrogens is 1. The zero-order chi connectivity index (χ0) is 17.5. The molecule has 2 aliphatic heterocycles. The zero-order valence-corrected chi connectivity index (χ0v) is 14.5. The molecule has 0 unspecified atom stereocenters. The summed E-state index contributed by atoms with van der Waals surface area (Å²) in [4.78, 5) is 8.90. The summed E-state index contributed by atoms with van der Waals surface area (Å²) in [6.07, 6.45) is 7.19. The lowest BCUT2D eigenvalue weighted by Gasteiger charge is -2.27. The third-order valence-electron chi connectivity index (χ3n) is 4.66. The lowest BCUT2D eigenvalue weighted by atomic mass is 10.2. The van der Waals surface area contributed by atoms with Gasteiger partial charge in [0.2, 0.25) is 0 Å². The number of nitrogens with one attached hydrogen (secondary N) is 3. The first-order chi connectivity index (χ1) is 12.3. The molecule has 132 valence electrons. The number of nitriles is 1. The van der Waals surface area contributed by atoms with Gasteiger partial charge in [0.05, 0.1) is 11.3 Å². The van der Waals surface area contributed by atoms with Gasteiger partial charge in [0, 0.05) is 70.5 Å². The van der Waals surface area contributed by atoms with Crippen molar-refractivity contribution < 1.29 is 0 Å². The maximum atomic E-state index is 9.32. The highest BCUT2D eigenvalue weighted by molar-refractivity contribution is 5.77. The van der Waals surface area contributed by atoms with Crippen LogP contribution in [0.3, 0.4) is 0 Å². The second-order valence-electron chi connectivity index (χ2n) is 6.43. The van der Waals surface area contributed by atoms with Crippen LogP contribution in [-0.2, 0) is 0 Å². The van der Waals surface area contributed by atoms with E-state index in [1.807, 2.05) is 12.3 Å². The number of piperazine rings is 1. The van der Waals surface area contributed by atoms with Gasteiger partial charge in [-0.3, -0.25) is 4.90 Å². The number of hydrogen-bond acceptors (Lipinski definition) is 7. The summed E-state index contributed by atoms with van der Waals surface area (Å²) in [6.45, 7) is 6.72. The van der Waals surface area contributed by atoms with Crippen LogP contribution < -0.4 is 15.5 Å². The normalized spacial score (nSPS) is 18.8. The smallest absolute Gasteiger partial charge is 0.132 e. The minimum absolute atomic E-state index is 0.615. The van der Waals surface area contributed by atoms with Gasteiger partial charge in [0.25, 0.3) is 0 Å². The molecule has 3 rings (SSSR count). The number of nitrogens with zero attached hydrogens (tertiary/aromatic N) is 4. The minimum atomic E-state index is 0.615. The fourth-order valence-corrected chi connectivity index (χ4v) is 3.26. The van der Waals surface area contributed by atoms with Crippen LogP contribution in [0.2, 0.25) is 0 Å². The first-order valence-corrected chi connectivity index (χ1v) is 8.84. The first-order valence-electron chi connectivity index (χ1n) is 8.84. The van der Waals surface area contributed by atoms with Crippen molar-refractivity contribution >= 4 is 17.7 Å². The second kappa shape index (κ2) is 8.60. The Bertz CT molecular complexity index is 664. The van der Waals surface area contributed by atoms with Crippen molar-refractivity contribution in [2.24, 2.45) is 0 Å². The van der Waals surface area contributed by atoms with Crippen LogP contribution in [0.5, 0.6) is 0 Å². The highest BCUT2D eigenvalue weighted by Gasteiger charge is 2.17. The van der Waals surface area contributed by atoms with E-state index in [0.29, 0.717) is 11.4 Å². The van der Waals surface area contributed by atoms with Gasteiger partial charge in [-0.2, -0.15) is 5.26 Å². The molecule has 0 saturated carbocycles. The van der Waals surface area contributed by atoms with E-state index in [1.165, 1.54) is 19.1 Å². The Morgan fingerprint density at radius 3 is 2.76 bits per heavy atom.